The lowest BCUT2D eigenvalue weighted by Crippen LogP contribution is -2.16. The Balaban J connectivity index is 3.24. The summed E-state index contributed by atoms with van der Waals surface area (Å²) >= 11 is 1.15. The molecule has 0 radical (unpaired) electrons. The summed E-state index contributed by atoms with van der Waals surface area (Å²) < 4.78 is 37.4. The van der Waals surface area contributed by atoms with Gasteiger partial charge in [0.15, 0.2) is 0 Å². The minimum absolute atomic E-state index is 0.0593. The van der Waals surface area contributed by atoms with Gasteiger partial charge in [-0.3, -0.25) is 5.41 Å². The van der Waals surface area contributed by atoms with Gasteiger partial charge in [-0.25, -0.2) is 4.98 Å². The van der Waals surface area contributed by atoms with E-state index in [1.165, 1.54) is 6.07 Å². The van der Waals surface area contributed by atoms with Crippen LogP contribution in [0.25, 0.3) is 0 Å². The number of hydrogen-bond acceptors (Lipinski definition) is 3. The van der Waals surface area contributed by atoms with Crippen LogP contribution in [-0.2, 0) is 6.18 Å². The summed E-state index contributed by atoms with van der Waals surface area (Å²) in [6.07, 6.45) is -4.48. The van der Waals surface area contributed by atoms with Crippen LogP contribution in [0.3, 0.4) is 0 Å². The molecule has 0 aromatic carbocycles. The zero-order valence-corrected chi connectivity index (χ0v) is 10.1. The molecule has 3 N–H and O–H groups in total. The molecule has 0 aliphatic rings. The number of halogens is 3. The van der Waals surface area contributed by atoms with Gasteiger partial charge in [0.05, 0.1) is 0 Å². The van der Waals surface area contributed by atoms with Crippen molar-refractivity contribution in [2.45, 2.75) is 30.3 Å². The third-order valence-corrected chi connectivity index (χ3v) is 2.79. The Morgan fingerprint density at radius 3 is 2.41 bits per heavy atom. The highest BCUT2D eigenvalue weighted by Gasteiger charge is 2.33. The van der Waals surface area contributed by atoms with Crippen molar-refractivity contribution in [1.82, 2.24) is 4.98 Å². The SMILES string of the molecule is CC(C)Sc1nc(C(F)(F)F)ccc1C(=N)N. The fourth-order valence-corrected chi connectivity index (χ4v) is 2.02. The maximum absolute atomic E-state index is 12.5. The molecule has 17 heavy (non-hydrogen) atoms. The van der Waals surface area contributed by atoms with Gasteiger partial charge in [-0.1, -0.05) is 13.8 Å². The summed E-state index contributed by atoms with van der Waals surface area (Å²) in [5, 5.41) is 7.49. The molecule has 0 fully saturated rings. The summed E-state index contributed by atoms with van der Waals surface area (Å²) in [7, 11) is 0. The molecule has 0 saturated heterocycles. The van der Waals surface area contributed by atoms with Gasteiger partial charge in [-0.2, -0.15) is 13.2 Å². The van der Waals surface area contributed by atoms with Crippen molar-refractivity contribution in [3.05, 3.63) is 23.4 Å². The van der Waals surface area contributed by atoms with Crippen LogP contribution in [-0.4, -0.2) is 16.1 Å². The molecule has 94 valence electrons. The van der Waals surface area contributed by atoms with Gasteiger partial charge < -0.3 is 5.73 Å². The number of nitrogen functional groups attached to an aromatic ring is 1. The molecule has 0 atom stereocenters. The number of nitrogens with one attached hydrogen (secondary N) is 1. The number of thioether (sulfide) groups is 1. The van der Waals surface area contributed by atoms with E-state index in [1.54, 1.807) is 0 Å². The fraction of sp³-hybridized carbons (Fsp3) is 0.400. The highest BCUT2D eigenvalue weighted by atomic mass is 32.2. The van der Waals surface area contributed by atoms with E-state index in [0.717, 1.165) is 17.8 Å². The number of nitrogens with two attached hydrogens (primary N) is 1. The number of rotatable bonds is 3. The molecule has 3 nitrogen and oxygen atoms in total. The second-order valence-corrected chi connectivity index (χ2v) is 5.19. The van der Waals surface area contributed by atoms with Crippen LogP contribution in [0.15, 0.2) is 17.2 Å². The Morgan fingerprint density at radius 2 is 2.00 bits per heavy atom. The smallest absolute Gasteiger partial charge is 0.384 e. The van der Waals surface area contributed by atoms with Crippen molar-refractivity contribution in [1.29, 1.82) is 5.41 Å². The molecule has 1 aromatic heterocycles. The molecular formula is C10H12F3N3S. The Bertz CT molecular complexity index is 429. The monoisotopic (exact) mass is 263 g/mol. The van der Waals surface area contributed by atoms with Gasteiger partial charge in [-0.15, -0.1) is 11.8 Å². The number of pyridine rings is 1. The van der Waals surface area contributed by atoms with Crippen LogP contribution in [0.2, 0.25) is 0 Å². The highest BCUT2D eigenvalue weighted by Crippen LogP contribution is 2.31. The topological polar surface area (TPSA) is 62.8 Å². The molecule has 0 saturated carbocycles. The van der Waals surface area contributed by atoms with Crippen molar-refractivity contribution in [2.75, 3.05) is 0 Å². The van der Waals surface area contributed by atoms with Crippen molar-refractivity contribution < 1.29 is 13.2 Å². The van der Waals surface area contributed by atoms with Crippen molar-refractivity contribution in [2.24, 2.45) is 5.73 Å². The van der Waals surface area contributed by atoms with Crippen molar-refractivity contribution >= 4 is 17.6 Å². The van der Waals surface area contributed by atoms with Crippen molar-refractivity contribution in [3.63, 3.8) is 0 Å². The average Bonchev–Trinajstić information content (AvgIpc) is 2.14. The standard InChI is InChI=1S/C10H12F3N3S/c1-5(2)17-9-6(8(14)15)3-4-7(16-9)10(11,12)13/h3-5H,1-2H3,(H3,14,15). The summed E-state index contributed by atoms with van der Waals surface area (Å²) in [5.74, 6) is -0.283. The Morgan fingerprint density at radius 1 is 1.41 bits per heavy atom. The molecule has 0 bridgehead atoms. The second kappa shape index (κ2) is 4.95. The van der Waals surface area contributed by atoms with Crippen LogP contribution < -0.4 is 5.73 Å². The summed E-state index contributed by atoms with van der Waals surface area (Å²) in [5.41, 5.74) is 4.56. The predicted molar refractivity (Wildman–Crippen MR) is 61.2 cm³/mol. The lowest BCUT2D eigenvalue weighted by molar-refractivity contribution is -0.141. The first kappa shape index (κ1) is 13.8. The van der Waals surface area contributed by atoms with E-state index in [1.807, 2.05) is 13.8 Å². The number of amidine groups is 1. The maximum Gasteiger partial charge on any atom is 0.433 e. The third kappa shape index (κ3) is 3.62. The predicted octanol–water partition coefficient (Wildman–Crippen LogP) is 2.88. The van der Waals surface area contributed by atoms with Crippen LogP contribution in [0, 0.1) is 5.41 Å². The van der Waals surface area contributed by atoms with Gasteiger partial charge in [0.25, 0.3) is 0 Å². The Labute approximate surface area is 101 Å². The van der Waals surface area contributed by atoms with Gasteiger partial charge in [0.1, 0.15) is 16.6 Å². The largest absolute Gasteiger partial charge is 0.433 e. The fourth-order valence-electron chi connectivity index (χ4n) is 1.12. The third-order valence-electron chi connectivity index (χ3n) is 1.79. The van der Waals surface area contributed by atoms with Crippen LogP contribution >= 0.6 is 11.8 Å². The number of nitrogens with zero attached hydrogens (tertiary/aromatic N) is 1. The molecule has 7 heteroatoms. The summed E-state index contributed by atoms with van der Waals surface area (Å²) in [6, 6.07) is 2.02. The first-order valence-corrected chi connectivity index (χ1v) is 5.69. The van der Waals surface area contributed by atoms with E-state index >= 15 is 0 Å². The molecule has 1 rings (SSSR count). The molecule has 0 unspecified atom stereocenters. The van der Waals surface area contributed by atoms with Gasteiger partial charge >= 0.3 is 6.18 Å². The maximum atomic E-state index is 12.5. The van der Waals surface area contributed by atoms with E-state index < -0.39 is 11.9 Å². The Kier molecular flexibility index (Phi) is 4.03. The molecule has 0 spiro atoms. The van der Waals surface area contributed by atoms with Crippen LogP contribution in [0.4, 0.5) is 13.2 Å². The molecule has 1 heterocycles. The van der Waals surface area contributed by atoms with Crippen LogP contribution in [0.5, 0.6) is 0 Å². The van der Waals surface area contributed by atoms with E-state index in [0.29, 0.717) is 0 Å². The lowest BCUT2D eigenvalue weighted by Gasteiger charge is -2.12. The number of aromatic nitrogens is 1. The minimum atomic E-state index is -4.48. The van der Waals surface area contributed by atoms with Gasteiger partial charge in [0, 0.05) is 10.8 Å². The highest BCUT2D eigenvalue weighted by molar-refractivity contribution is 7.99. The normalized spacial score (nSPS) is 11.9. The lowest BCUT2D eigenvalue weighted by atomic mass is 10.2. The van der Waals surface area contributed by atoms with E-state index in [2.05, 4.69) is 4.98 Å². The van der Waals surface area contributed by atoms with Gasteiger partial charge in [-0.05, 0) is 12.1 Å². The van der Waals surface area contributed by atoms with E-state index in [9.17, 15) is 13.2 Å². The number of alkyl halides is 3. The molecule has 0 aliphatic carbocycles. The summed E-state index contributed by atoms with van der Waals surface area (Å²) in [6.45, 7) is 3.66. The van der Waals surface area contributed by atoms with Crippen LogP contribution in [0.1, 0.15) is 25.1 Å². The quantitative estimate of drug-likeness (QED) is 0.500. The minimum Gasteiger partial charge on any atom is -0.384 e. The van der Waals surface area contributed by atoms with Crippen molar-refractivity contribution in [3.8, 4) is 0 Å². The van der Waals surface area contributed by atoms with E-state index in [4.69, 9.17) is 11.1 Å². The average molecular weight is 263 g/mol. The zero-order valence-electron chi connectivity index (χ0n) is 9.30. The Hall–Kier alpha value is -1.24. The molecule has 1 aromatic rings. The van der Waals surface area contributed by atoms with Gasteiger partial charge in [0.2, 0.25) is 0 Å². The molecular weight excluding hydrogens is 251 g/mol. The first-order chi connectivity index (χ1) is 7.71. The van der Waals surface area contributed by atoms with E-state index in [-0.39, 0.29) is 21.7 Å². The molecule has 0 aliphatic heterocycles. The number of hydrogen-bond donors (Lipinski definition) is 2. The second-order valence-electron chi connectivity index (χ2n) is 3.63. The summed E-state index contributed by atoms with van der Waals surface area (Å²) in [4.78, 5) is 3.52. The molecule has 0 amide bonds. The zero-order chi connectivity index (χ0) is 13.2. The first-order valence-electron chi connectivity index (χ1n) is 4.81.